The zero-order valence-electron chi connectivity index (χ0n) is 13.7. The Bertz CT molecular complexity index is 926. The Labute approximate surface area is 151 Å². The van der Waals surface area contributed by atoms with E-state index in [-0.39, 0.29) is 11.7 Å². The molecule has 2 aromatic carbocycles. The number of aromatic amines is 1. The van der Waals surface area contributed by atoms with Crippen LogP contribution in [-0.2, 0) is 0 Å². The third kappa shape index (κ3) is 3.22. The molecule has 1 saturated heterocycles. The number of benzene rings is 2. The highest BCUT2D eigenvalue weighted by Crippen LogP contribution is 2.31. The van der Waals surface area contributed by atoms with Gasteiger partial charge in [0.25, 0.3) is 5.91 Å². The van der Waals surface area contributed by atoms with Crippen LogP contribution in [0, 0.1) is 0 Å². The number of likely N-dealkylation sites (tertiary alicyclic amines) is 1. The molecule has 0 unspecified atom stereocenters. The van der Waals surface area contributed by atoms with Gasteiger partial charge in [-0.2, -0.15) is 0 Å². The van der Waals surface area contributed by atoms with Crippen molar-refractivity contribution >= 4 is 28.4 Å². The van der Waals surface area contributed by atoms with Gasteiger partial charge in [0.2, 0.25) is 0 Å². The zero-order valence-corrected chi connectivity index (χ0v) is 14.5. The molecule has 3 aromatic rings. The highest BCUT2D eigenvalue weighted by molar-refractivity contribution is 6.31. The van der Waals surface area contributed by atoms with E-state index < -0.39 is 0 Å². The average Bonchev–Trinajstić information content (AvgIpc) is 3.04. The molecule has 0 atom stereocenters. The van der Waals surface area contributed by atoms with Crippen LogP contribution in [0.4, 0.5) is 0 Å². The van der Waals surface area contributed by atoms with Crippen molar-refractivity contribution in [2.75, 3.05) is 13.1 Å². The summed E-state index contributed by atoms with van der Waals surface area (Å²) in [4.78, 5) is 17.9. The predicted molar refractivity (Wildman–Crippen MR) is 99.3 cm³/mol. The topological polar surface area (TPSA) is 56.3 Å². The van der Waals surface area contributed by atoms with Gasteiger partial charge in [0, 0.05) is 46.2 Å². The number of aromatic nitrogens is 1. The third-order valence-corrected chi connectivity index (χ3v) is 5.15. The molecule has 0 saturated carbocycles. The molecule has 1 amide bonds. The fourth-order valence-electron chi connectivity index (χ4n) is 3.56. The molecule has 1 aliphatic heterocycles. The van der Waals surface area contributed by atoms with Crippen LogP contribution in [0.3, 0.4) is 0 Å². The van der Waals surface area contributed by atoms with E-state index in [9.17, 15) is 9.90 Å². The maximum atomic E-state index is 12.6. The van der Waals surface area contributed by atoms with Crippen LogP contribution in [0.5, 0.6) is 5.75 Å². The van der Waals surface area contributed by atoms with Gasteiger partial charge in [0.15, 0.2) is 0 Å². The Balaban J connectivity index is 1.46. The minimum atomic E-state index is -0.0159. The summed E-state index contributed by atoms with van der Waals surface area (Å²) in [6.45, 7) is 1.44. The number of hydrogen-bond acceptors (Lipinski definition) is 2. The normalized spacial score (nSPS) is 15.6. The standard InChI is InChI=1S/C20H19ClN2O2/c21-16-4-5-18-15(10-16)12-19(22-18)13-6-8-23(9-7-13)20(25)14-2-1-3-17(24)11-14/h1-5,10-13,22,24H,6-9H2. The van der Waals surface area contributed by atoms with Crippen LogP contribution in [0.25, 0.3) is 10.9 Å². The van der Waals surface area contributed by atoms with Gasteiger partial charge in [0.1, 0.15) is 5.75 Å². The quantitative estimate of drug-likeness (QED) is 0.709. The van der Waals surface area contributed by atoms with Crippen LogP contribution in [-0.4, -0.2) is 34.0 Å². The first-order valence-electron chi connectivity index (χ1n) is 8.46. The van der Waals surface area contributed by atoms with E-state index in [1.54, 1.807) is 18.2 Å². The number of rotatable bonds is 2. The first-order valence-corrected chi connectivity index (χ1v) is 8.84. The number of nitrogens with zero attached hydrogens (tertiary/aromatic N) is 1. The lowest BCUT2D eigenvalue weighted by molar-refractivity contribution is 0.0712. The van der Waals surface area contributed by atoms with Crippen molar-refractivity contribution in [3.8, 4) is 5.75 Å². The SMILES string of the molecule is O=C(c1cccc(O)c1)N1CCC(c2cc3cc(Cl)ccc3[nH]2)CC1. The first-order chi connectivity index (χ1) is 12.1. The van der Waals surface area contributed by atoms with Crippen LogP contribution in [0.15, 0.2) is 48.5 Å². The van der Waals surface area contributed by atoms with E-state index in [1.165, 1.54) is 11.8 Å². The van der Waals surface area contributed by atoms with Crippen molar-refractivity contribution in [2.24, 2.45) is 0 Å². The van der Waals surface area contributed by atoms with Crippen molar-refractivity contribution in [2.45, 2.75) is 18.8 Å². The summed E-state index contributed by atoms with van der Waals surface area (Å²) in [5.41, 5.74) is 2.85. The summed E-state index contributed by atoms with van der Waals surface area (Å²) in [5, 5.41) is 11.4. The monoisotopic (exact) mass is 354 g/mol. The molecule has 4 rings (SSSR count). The number of nitrogens with one attached hydrogen (secondary N) is 1. The first kappa shape index (κ1) is 16.0. The molecule has 1 fully saturated rings. The zero-order chi connectivity index (χ0) is 17.4. The number of phenols is 1. The molecular formula is C20H19ClN2O2. The molecule has 0 aliphatic carbocycles. The highest BCUT2D eigenvalue weighted by Gasteiger charge is 2.25. The fraction of sp³-hybridized carbons (Fsp3) is 0.250. The van der Waals surface area contributed by atoms with Gasteiger partial charge >= 0.3 is 0 Å². The smallest absolute Gasteiger partial charge is 0.253 e. The summed E-state index contributed by atoms with van der Waals surface area (Å²) < 4.78 is 0. The number of halogens is 1. The van der Waals surface area contributed by atoms with Gasteiger partial charge in [-0.15, -0.1) is 0 Å². The van der Waals surface area contributed by atoms with Crippen molar-refractivity contribution in [3.63, 3.8) is 0 Å². The fourth-order valence-corrected chi connectivity index (χ4v) is 3.74. The van der Waals surface area contributed by atoms with Crippen molar-refractivity contribution < 1.29 is 9.90 Å². The molecule has 25 heavy (non-hydrogen) atoms. The lowest BCUT2D eigenvalue weighted by atomic mass is 9.93. The number of phenolic OH excluding ortho intramolecular Hbond substituents is 1. The van der Waals surface area contributed by atoms with Gasteiger partial charge in [0.05, 0.1) is 0 Å². The molecule has 5 heteroatoms. The second-order valence-corrected chi connectivity index (χ2v) is 7.01. The number of amides is 1. The number of carbonyl (C=O) groups excluding carboxylic acids is 1. The maximum Gasteiger partial charge on any atom is 0.253 e. The van der Waals surface area contributed by atoms with Gasteiger partial charge in [-0.05, 0) is 55.3 Å². The molecule has 4 nitrogen and oxygen atoms in total. The van der Waals surface area contributed by atoms with Gasteiger partial charge in [-0.3, -0.25) is 4.79 Å². The van der Waals surface area contributed by atoms with E-state index in [0.29, 0.717) is 11.5 Å². The lowest BCUT2D eigenvalue weighted by Gasteiger charge is -2.31. The van der Waals surface area contributed by atoms with Crippen LogP contribution >= 0.6 is 11.6 Å². The largest absolute Gasteiger partial charge is 0.508 e. The Kier molecular flexibility index (Phi) is 4.14. The predicted octanol–water partition coefficient (Wildman–Crippen LogP) is 4.55. The van der Waals surface area contributed by atoms with Crippen LogP contribution < -0.4 is 0 Å². The van der Waals surface area contributed by atoms with Gasteiger partial charge < -0.3 is 15.0 Å². The summed E-state index contributed by atoms with van der Waals surface area (Å²) in [5.74, 6) is 0.523. The molecule has 0 spiro atoms. The average molecular weight is 355 g/mol. The molecular weight excluding hydrogens is 336 g/mol. The van der Waals surface area contributed by atoms with E-state index in [2.05, 4.69) is 11.1 Å². The Morgan fingerprint density at radius 1 is 1.12 bits per heavy atom. The number of carbonyl (C=O) groups is 1. The minimum absolute atomic E-state index is 0.0159. The van der Waals surface area contributed by atoms with Crippen molar-refractivity contribution in [1.29, 1.82) is 0 Å². The van der Waals surface area contributed by atoms with Gasteiger partial charge in [-0.25, -0.2) is 0 Å². The highest BCUT2D eigenvalue weighted by atomic mass is 35.5. The van der Waals surface area contributed by atoms with E-state index in [1.807, 2.05) is 23.1 Å². The Morgan fingerprint density at radius 3 is 2.68 bits per heavy atom. The molecule has 1 aromatic heterocycles. The second-order valence-electron chi connectivity index (χ2n) is 6.57. The molecule has 128 valence electrons. The lowest BCUT2D eigenvalue weighted by Crippen LogP contribution is -2.37. The molecule has 2 heterocycles. The number of piperidine rings is 1. The molecule has 2 N–H and O–H groups in total. The summed E-state index contributed by atoms with van der Waals surface area (Å²) >= 11 is 6.06. The molecule has 0 radical (unpaired) electrons. The van der Waals surface area contributed by atoms with Gasteiger partial charge in [-0.1, -0.05) is 17.7 Å². The summed E-state index contributed by atoms with van der Waals surface area (Å²) in [6, 6.07) is 14.6. The number of H-pyrrole nitrogens is 1. The summed E-state index contributed by atoms with van der Waals surface area (Å²) in [7, 11) is 0. The van der Waals surface area contributed by atoms with Crippen molar-refractivity contribution in [1.82, 2.24) is 9.88 Å². The molecule has 0 bridgehead atoms. The maximum absolute atomic E-state index is 12.6. The number of hydrogen-bond donors (Lipinski definition) is 2. The second kappa shape index (κ2) is 6.45. The van der Waals surface area contributed by atoms with E-state index >= 15 is 0 Å². The molecule has 1 aliphatic rings. The number of fused-ring (bicyclic) bond motifs is 1. The van der Waals surface area contributed by atoms with E-state index in [0.717, 1.165) is 41.9 Å². The summed E-state index contributed by atoms with van der Waals surface area (Å²) in [6.07, 6.45) is 1.84. The Morgan fingerprint density at radius 2 is 1.92 bits per heavy atom. The van der Waals surface area contributed by atoms with E-state index in [4.69, 9.17) is 11.6 Å². The minimum Gasteiger partial charge on any atom is -0.508 e. The third-order valence-electron chi connectivity index (χ3n) is 4.92. The van der Waals surface area contributed by atoms with Crippen molar-refractivity contribution in [3.05, 3.63) is 64.8 Å². The number of aromatic hydroxyl groups is 1. The Hall–Kier alpha value is -2.46. The van der Waals surface area contributed by atoms with Crippen LogP contribution in [0.2, 0.25) is 5.02 Å². The van der Waals surface area contributed by atoms with Crippen LogP contribution in [0.1, 0.15) is 34.8 Å².